The van der Waals surface area contributed by atoms with Crippen LogP contribution in [0.5, 0.6) is 11.5 Å². The van der Waals surface area contributed by atoms with E-state index >= 15 is 0 Å². The highest BCUT2D eigenvalue weighted by Gasteiger charge is 2.14. The van der Waals surface area contributed by atoms with Gasteiger partial charge in [0.05, 0.1) is 29.5 Å². The molecular weight excluding hydrogens is 416 g/mol. The summed E-state index contributed by atoms with van der Waals surface area (Å²) in [6.45, 7) is 0. The number of phenols is 1. The quantitative estimate of drug-likeness (QED) is 0.296. The minimum atomic E-state index is -0.628. The summed E-state index contributed by atoms with van der Waals surface area (Å²) in [5.74, 6) is -0.676. The summed E-state index contributed by atoms with van der Waals surface area (Å²) in [5, 5.41) is 27.1. The summed E-state index contributed by atoms with van der Waals surface area (Å²) in [4.78, 5) is 35.3. The minimum Gasteiger partial charge on any atom is -0.507 e. The number of amides is 2. The molecule has 0 bridgehead atoms. The normalized spacial score (nSPS) is 10.5. The van der Waals surface area contributed by atoms with E-state index in [-0.39, 0.29) is 28.3 Å². The molecular formula is C22H18N4O6. The molecule has 3 aromatic carbocycles. The largest absolute Gasteiger partial charge is 0.507 e. The molecule has 10 nitrogen and oxygen atoms in total. The molecule has 2 amide bonds. The van der Waals surface area contributed by atoms with Crippen LogP contribution < -0.4 is 15.5 Å². The minimum absolute atomic E-state index is 0.0561. The number of anilines is 1. The lowest BCUT2D eigenvalue weighted by Gasteiger charge is -2.10. The molecule has 3 rings (SSSR count). The number of rotatable bonds is 7. The Morgan fingerprint density at radius 1 is 1.06 bits per heavy atom. The van der Waals surface area contributed by atoms with Gasteiger partial charge in [0.1, 0.15) is 11.5 Å². The highest BCUT2D eigenvalue weighted by atomic mass is 16.6. The van der Waals surface area contributed by atoms with E-state index in [2.05, 4.69) is 15.8 Å². The van der Waals surface area contributed by atoms with E-state index in [9.17, 15) is 24.8 Å². The molecule has 0 aromatic heterocycles. The Hall–Kier alpha value is -4.73. The van der Waals surface area contributed by atoms with Gasteiger partial charge in [-0.2, -0.15) is 5.10 Å². The number of phenolic OH excluding ortho intramolecular Hbond substituents is 1. The zero-order valence-corrected chi connectivity index (χ0v) is 16.8. The van der Waals surface area contributed by atoms with E-state index in [1.807, 2.05) is 0 Å². The first-order valence-corrected chi connectivity index (χ1v) is 9.24. The van der Waals surface area contributed by atoms with Gasteiger partial charge in [-0.05, 0) is 42.5 Å². The fourth-order valence-corrected chi connectivity index (χ4v) is 2.71. The number of methoxy groups -OCH3 is 1. The number of hydrogen-bond acceptors (Lipinski definition) is 7. The first-order valence-electron chi connectivity index (χ1n) is 9.24. The number of hydrazone groups is 1. The number of hydrogen-bond donors (Lipinski definition) is 3. The Labute approximate surface area is 182 Å². The number of nitro benzene ring substituents is 1. The van der Waals surface area contributed by atoms with Crippen LogP contribution in [0.2, 0.25) is 0 Å². The van der Waals surface area contributed by atoms with Crippen LogP contribution in [-0.4, -0.2) is 35.2 Å². The SMILES string of the molecule is COc1ccc(C(=O)Nc2ccccc2C(=O)N/N=C/c2cc([N+](=O)[O-])ccc2O)cc1. The van der Waals surface area contributed by atoms with E-state index in [0.717, 1.165) is 24.4 Å². The second kappa shape index (κ2) is 9.85. The van der Waals surface area contributed by atoms with Gasteiger partial charge in [0, 0.05) is 23.3 Å². The summed E-state index contributed by atoms with van der Waals surface area (Å²) in [6.07, 6.45) is 1.08. The zero-order chi connectivity index (χ0) is 23.1. The van der Waals surface area contributed by atoms with Crippen molar-refractivity contribution in [1.29, 1.82) is 0 Å². The number of nitrogens with zero attached hydrogens (tertiary/aromatic N) is 2. The van der Waals surface area contributed by atoms with E-state index in [4.69, 9.17) is 4.74 Å². The van der Waals surface area contributed by atoms with Gasteiger partial charge in [0.2, 0.25) is 0 Å². The Balaban J connectivity index is 1.73. The van der Waals surface area contributed by atoms with Gasteiger partial charge in [0.25, 0.3) is 17.5 Å². The van der Waals surface area contributed by atoms with Crippen molar-refractivity contribution in [2.45, 2.75) is 0 Å². The maximum absolute atomic E-state index is 12.6. The molecule has 0 fully saturated rings. The molecule has 0 spiro atoms. The van der Waals surface area contributed by atoms with Crippen LogP contribution in [-0.2, 0) is 0 Å². The number of carbonyl (C=O) groups is 2. The number of non-ortho nitro benzene ring substituents is 1. The smallest absolute Gasteiger partial charge is 0.273 e. The van der Waals surface area contributed by atoms with Gasteiger partial charge in [-0.3, -0.25) is 19.7 Å². The van der Waals surface area contributed by atoms with Crippen molar-refractivity contribution < 1.29 is 24.4 Å². The molecule has 0 radical (unpaired) electrons. The third-order valence-electron chi connectivity index (χ3n) is 4.36. The molecule has 0 atom stereocenters. The van der Waals surface area contributed by atoms with Gasteiger partial charge >= 0.3 is 0 Å². The number of nitrogens with one attached hydrogen (secondary N) is 2. The van der Waals surface area contributed by atoms with Gasteiger partial charge < -0.3 is 15.2 Å². The van der Waals surface area contributed by atoms with Crippen LogP contribution in [0.3, 0.4) is 0 Å². The standard InChI is InChI=1S/C22H18N4O6/c1-32-17-9-6-14(7-10-17)21(28)24-19-5-3-2-4-18(19)22(29)25-23-13-15-12-16(26(30)31)8-11-20(15)27/h2-13,27H,1H3,(H,24,28)(H,25,29)/b23-13+. The lowest BCUT2D eigenvalue weighted by atomic mass is 10.1. The lowest BCUT2D eigenvalue weighted by molar-refractivity contribution is -0.384. The van der Waals surface area contributed by atoms with Gasteiger partial charge in [-0.25, -0.2) is 5.43 Å². The second-order valence-electron chi connectivity index (χ2n) is 6.43. The molecule has 0 unspecified atom stereocenters. The van der Waals surface area contributed by atoms with Gasteiger partial charge in [0.15, 0.2) is 0 Å². The van der Waals surface area contributed by atoms with Crippen molar-refractivity contribution in [3.63, 3.8) is 0 Å². The maximum Gasteiger partial charge on any atom is 0.273 e. The van der Waals surface area contributed by atoms with Crippen molar-refractivity contribution in [2.24, 2.45) is 5.10 Å². The molecule has 10 heteroatoms. The van der Waals surface area contributed by atoms with Crippen LogP contribution in [0.1, 0.15) is 26.3 Å². The molecule has 0 aliphatic carbocycles. The predicted octanol–water partition coefficient (Wildman–Crippen LogP) is 3.33. The number of nitro groups is 1. The third kappa shape index (κ3) is 5.25. The van der Waals surface area contributed by atoms with Crippen molar-refractivity contribution in [3.8, 4) is 11.5 Å². The predicted molar refractivity (Wildman–Crippen MR) is 117 cm³/mol. The van der Waals surface area contributed by atoms with Crippen LogP contribution in [0, 0.1) is 10.1 Å². The van der Waals surface area contributed by atoms with Crippen molar-refractivity contribution >= 4 is 29.4 Å². The maximum atomic E-state index is 12.6. The molecule has 0 aliphatic rings. The molecule has 32 heavy (non-hydrogen) atoms. The molecule has 0 saturated carbocycles. The van der Waals surface area contributed by atoms with Crippen molar-refractivity contribution in [2.75, 3.05) is 12.4 Å². The molecule has 0 saturated heterocycles. The van der Waals surface area contributed by atoms with E-state index in [1.54, 1.807) is 42.5 Å². The summed E-state index contributed by atoms with van der Waals surface area (Å²) < 4.78 is 5.07. The highest BCUT2D eigenvalue weighted by molar-refractivity contribution is 6.09. The van der Waals surface area contributed by atoms with Crippen molar-refractivity contribution in [1.82, 2.24) is 5.43 Å². The average Bonchev–Trinajstić information content (AvgIpc) is 2.80. The monoisotopic (exact) mass is 434 g/mol. The van der Waals surface area contributed by atoms with Gasteiger partial charge in [-0.15, -0.1) is 0 Å². The fourth-order valence-electron chi connectivity index (χ4n) is 2.71. The molecule has 3 aromatic rings. The molecule has 3 N–H and O–H groups in total. The van der Waals surface area contributed by atoms with E-state index in [0.29, 0.717) is 11.3 Å². The summed E-state index contributed by atoms with van der Waals surface area (Å²) in [7, 11) is 1.52. The third-order valence-corrected chi connectivity index (χ3v) is 4.36. The summed E-state index contributed by atoms with van der Waals surface area (Å²) >= 11 is 0. The first-order chi connectivity index (χ1) is 15.4. The molecule has 0 aliphatic heterocycles. The molecule has 0 heterocycles. The lowest BCUT2D eigenvalue weighted by Crippen LogP contribution is -2.21. The van der Waals surface area contributed by atoms with Crippen LogP contribution in [0.25, 0.3) is 0 Å². The second-order valence-corrected chi connectivity index (χ2v) is 6.43. The van der Waals surface area contributed by atoms with Crippen LogP contribution in [0.15, 0.2) is 71.8 Å². The number of benzene rings is 3. The van der Waals surface area contributed by atoms with Crippen molar-refractivity contribution in [3.05, 3.63) is 93.5 Å². The number of carbonyl (C=O) groups excluding carboxylic acids is 2. The number of aromatic hydroxyl groups is 1. The Morgan fingerprint density at radius 2 is 1.78 bits per heavy atom. The first kappa shape index (κ1) is 22.0. The van der Waals surface area contributed by atoms with Crippen LogP contribution >= 0.6 is 0 Å². The number of para-hydroxylation sites is 1. The topological polar surface area (TPSA) is 143 Å². The van der Waals surface area contributed by atoms with E-state index < -0.39 is 16.7 Å². The van der Waals surface area contributed by atoms with Gasteiger partial charge in [-0.1, -0.05) is 12.1 Å². The average molecular weight is 434 g/mol. The van der Waals surface area contributed by atoms with Crippen LogP contribution in [0.4, 0.5) is 11.4 Å². The Kier molecular flexibility index (Phi) is 6.76. The Bertz CT molecular complexity index is 1190. The molecule has 162 valence electrons. The van der Waals surface area contributed by atoms with E-state index in [1.165, 1.54) is 13.2 Å². The summed E-state index contributed by atoms with van der Waals surface area (Å²) in [5.41, 5.74) is 2.88. The number of ether oxygens (including phenoxy) is 1. The summed E-state index contributed by atoms with van der Waals surface area (Å²) in [6, 6.07) is 16.2. The fraction of sp³-hybridized carbons (Fsp3) is 0.0455. The zero-order valence-electron chi connectivity index (χ0n) is 16.8. The Morgan fingerprint density at radius 3 is 2.47 bits per heavy atom. The highest BCUT2D eigenvalue weighted by Crippen LogP contribution is 2.21.